The summed E-state index contributed by atoms with van der Waals surface area (Å²) < 4.78 is 21.6. The maximum absolute atomic E-state index is 14.4. The molecule has 3 heterocycles. The van der Waals surface area contributed by atoms with E-state index in [9.17, 15) is 19.7 Å². The van der Waals surface area contributed by atoms with E-state index in [2.05, 4.69) is 9.97 Å². The lowest BCUT2D eigenvalue weighted by Gasteiger charge is -2.30. The Balaban J connectivity index is 1.73. The van der Waals surface area contributed by atoms with E-state index < -0.39 is 36.0 Å². The molecule has 3 aromatic rings. The maximum atomic E-state index is 14.4. The number of rotatable bonds is 3. The molecular weight excluding hydrogens is 391 g/mol. The molecule has 8 nitrogen and oxygen atoms in total. The van der Waals surface area contributed by atoms with Crippen LogP contribution < -0.4 is 5.73 Å². The molecule has 1 aliphatic heterocycles. The van der Waals surface area contributed by atoms with Crippen molar-refractivity contribution in [3.63, 3.8) is 0 Å². The number of halogens is 2. The van der Waals surface area contributed by atoms with Crippen LogP contribution in [0.5, 0.6) is 0 Å². The molecule has 0 aliphatic carbocycles. The smallest absolute Gasteiger partial charge is 0.164 e. The third-order valence-electron chi connectivity index (χ3n) is 5.13. The van der Waals surface area contributed by atoms with Gasteiger partial charge in [-0.25, -0.2) is 14.4 Å². The molecule has 0 amide bonds. The number of nitrogen functional groups attached to an aromatic ring is 1. The van der Waals surface area contributed by atoms with Crippen LogP contribution >= 0.6 is 11.6 Å². The molecule has 0 bridgehead atoms. The van der Waals surface area contributed by atoms with E-state index in [1.807, 2.05) is 0 Å². The molecule has 1 saturated heterocycles. The summed E-state index contributed by atoms with van der Waals surface area (Å²) in [6.07, 6.45) is -2.60. The zero-order valence-electron chi connectivity index (χ0n) is 14.7. The number of fused-ring (bicyclic) bond motifs is 1. The quantitative estimate of drug-likeness (QED) is 0.517. The molecular formula is C18H18ClFN4O4. The fraction of sp³-hybridized carbons (Fsp3) is 0.333. The van der Waals surface area contributed by atoms with Crippen molar-refractivity contribution in [3.8, 4) is 0 Å². The minimum Gasteiger partial charge on any atom is -0.385 e. The van der Waals surface area contributed by atoms with E-state index in [1.54, 1.807) is 12.3 Å². The molecule has 28 heavy (non-hydrogen) atoms. The monoisotopic (exact) mass is 408 g/mol. The van der Waals surface area contributed by atoms with E-state index >= 15 is 0 Å². The Kier molecular flexibility index (Phi) is 4.52. The highest BCUT2D eigenvalue weighted by Crippen LogP contribution is 2.44. The number of nitrogens with two attached hydrogens (primary N) is 1. The second kappa shape index (κ2) is 6.64. The van der Waals surface area contributed by atoms with Crippen LogP contribution in [0.25, 0.3) is 11.0 Å². The second-order valence-electron chi connectivity index (χ2n) is 6.92. The third-order valence-corrected chi connectivity index (χ3v) is 5.42. The van der Waals surface area contributed by atoms with Crippen molar-refractivity contribution in [2.75, 3.05) is 5.73 Å². The summed E-state index contributed by atoms with van der Waals surface area (Å²) in [7, 11) is 0. The van der Waals surface area contributed by atoms with E-state index in [0.717, 1.165) is 0 Å². The molecule has 0 unspecified atom stereocenters. The Morgan fingerprint density at radius 3 is 2.86 bits per heavy atom. The third kappa shape index (κ3) is 2.75. The van der Waals surface area contributed by atoms with Crippen molar-refractivity contribution in [3.05, 3.63) is 53.2 Å². The highest BCUT2D eigenvalue weighted by molar-refractivity contribution is 6.30. The Hall–Kier alpha value is -2.30. The van der Waals surface area contributed by atoms with Crippen molar-refractivity contribution >= 4 is 28.5 Å². The van der Waals surface area contributed by atoms with Gasteiger partial charge in [-0.05, 0) is 19.1 Å². The van der Waals surface area contributed by atoms with Crippen LogP contribution in [0.2, 0.25) is 5.02 Å². The number of nitrogens with zero attached hydrogens (tertiary/aromatic N) is 3. The summed E-state index contributed by atoms with van der Waals surface area (Å²) in [5.74, 6) is -0.568. The van der Waals surface area contributed by atoms with Gasteiger partial charge in [-0.1, -0.05) is 23.7 Å². The van der Waals surface area contributed by atoms with Gasteiger partial charge in [0, 0.05) is 11.8 Å². The lowest BCUT2D eigenvalue weighted by Crippen LogP contribution is -2.47. The fourth-order valence-corrected chi connectivity index (χ4v) is 3.72. The summed E-state index contributed by atoms with van der Waals surface area (Å²) in [6.45, 7) is 1.31. The first kappa shape index (κ1) is 19.0. The van der Waals surface area contributed by atoms with Crippen molar-refractivity contribution < 1.29 is 24.4 Å². The molecule has 148 valence electrons. The van der Waals surface area contributed by atoms with E-state index in [4.69, 9.17) is 22.1 Å². The zero-order chi connectivity index (χ0) is 20.2. The first-order chi connectivity index (χ1) is 13.2. The summed E-state index contributed by atoms with van der Waals surface area (Å²) >= 11 is 5.79. The van der Waals surface area contributed by atoms with Gasteiger partial charge in [0.05, 0.1) is 10.4 Å². The van der Waals surface area contributed by atoms with Gasteiger partial charge in [0.2, 0.25) is 0 Å². The van der Waals surface area contributed by atoms with Gasteiger partial charge in [-0.2, -0.15) is 0 Å². The van der Waals surface area contributed by atoms with Gasteiger partial charge >= 0.3 is 0 Å². The molecule has 5 atom stereocenters. The van der Waals surface area contributed by atoms with Crippen LogP contribution in [0, 0.1) is 5.82 Å². The molecule has 1 fully saturated rings. The molecule has 0 saturated carbocycles. The number of aliphatic hydroxyl groups excluding tert-OH is 2. The van der Waals surface area contributed by atoms with Crippen molar-refractivity contribution in [2.24, 2.45) is 0 Å². The number of hydrogen-bond donors (Lipinski definition) is 4. The Morgan fingerprint density at radius 1 is 1.36 bits per heavy atom. The van der Waals surface area contributed by atoms with E-state index in [1.165, 1.54) is 36.0 Å². The van der Waals surface area contributed by atoms with Gasteiger partial charge in [0.25, 0.3) is 0 Å². The van der Waals surface area contributed by atoms with Crippen LogP contribution in [-0.2, 0) is 4.74 Å². The lowest BCUT2D eigenvalue weighted by atomic mass is 9.88. The minimum absolute atomic E-state index is 0.144. The van der Waals surface area contributed by atoms with Crippen LogP contribution in [0.3, 0.4) is 0 Å². The highest BCUT2D eigenvalue weighted by Gasteiger charge is 2.56. The topological polar surface area (TPSA) is 127 Å². The average Bonchev–Trinajstić information content (AvgIpc) is 3.18. The zero-order valence-corrected chi connectivity index (χ0v) is 15.5. The average molecular weight is 409 g/mol. The van der Waals surface area contributed by atoms with Gasteiger partial charge in [-0.15, -0.1) is 0 Å². The highest BCUT2D eigenvalue weighted by atomic mass is 35.5. The van der Waals surface area contributed by atoms with Crippen LogP contribution in [0.1, 0.15) is 24.8 Å². The van der Waals surface area contributed by atoms with E-state index in [0.29, 0.717) is 11.0 Å². The summed E-state index contributed by atoms with van der Waals surface area (Å²) in [6, 6.07) is 5.80. The van der Waals surface area contributed by atoms with Crippen LogP contribution in [0.4, 0.5) is 10.2 Å². The summed E-state index contributed by atoms with van der Waals surface area (Å²) in [5, 5.41) is 32.6. The van der Waals surface area contributed by atoms with Crippen molar-refractivity contribution in [1.82, 2.24) is 14.5 Å². The van der Waals surface area contributed by atoms with Crippen LogP contribution in [0.15, 0.2) is 36.8 Å². The molecule has 10 heteroatoms. The largest absolute Gasteiger partial charge is 0.385 e. The summed E-state index contributed by atoms with van der Waals surface area (Å²) in [4.78, 5) is 8.04. The number of benzene rings is 1. The fourth-order valence-electron chi connectivity index (χ4n) is 3.54. The molecule has 0 radical (unpaired) electrons. The molecule has 0 spiro atoms. The van der Waals surface area contributed by atoms with Gasteiger partial charge in [0.1, 0.15) is 47.5 Å². The number of aromatic nitrogens is 3. The predicted octanol–water partition coefficient (Wildman–Crippen LogP) is 1.55. The Labute approximate surface area is 164 Å². The molecule has 5 N–H and O–H groups in total. The van der Waals surface area contributed by atoms with Gasteiger partial charge < -0.3 is 30.4 Å². The standard InChI is InChI=1S/C18H18ClFN4O4/c1-18(27)13(26)17(24-6-5-9-15(21)22-7-23-16(9)24)28-14(18)12(25)8-3-2-4-10(19)11(8)20/h2-7,12-14,17,25-27H,1H3,(H2,21,22,23)/t12-,13+,14-,17-,18+/m1/s1. The van der Waals surface area contributed by atoms with Crippen molar-refractivity contribution in [2.45, 2.75) is 37.1 Å². The number of anilines is 1. The maximum Gasteiger partial charge on any atom is 0.164 e. The van der Waals surface area contributed by atoms with E-state index in [-0.39, 0.29) is 16.4 Å². The Bertz CT molecular complexity index is 1040. The predicted molar refractivity (Wildman–Crippen MR) is 98.9 cm³/mol. The SMILES string of the molecule is C[C@@]1(O)[C@@H]([C@H](O)c2cccc(Cl)c2F)O[C@@H](n2ccc3c(N)ncnc32)[C@@H]1O. The molecule has 4 rings (SSSR count). The molecule has 1 aromatic carbocycles. The van der Waals surface area contributed by atoms with Crippen LogP contribution in [-0.4, -0.2) is 47.7 Å². The number of aliphatic hydroxyl groups is 3. The molecule has 1 aliphatic rings. The first-order valence-electron chi connectivity index (χ1n) is 8.48. The molecule has 2 aromatic heterocycles. The normalized spacial score (nSPS) is 28.7. The van der Waals surface area contributed by atoms with Gasteiger partial charge in [-0.3, -0.25) is 0 Å². The second-order valence-corrected chi connectivity index (χ2v) is 7.33. The number of ether oxygens (including phenoxy) is 1. The number of hydrogen-bond acceptors (Lipinski definition) is 7. The summed E-state index contributed by atoms with van der Waals surface area (Å²) in [5.41, 5.74) is 4.17. The lowest BCUT2D eigenvalue weighted by molar-refractivity contribution is -0.115. The Morgan fingerprint density at radius 2 is 2.11 bits per heavy atom. The van der Waals surface area contributed by atoms with Gasteiger partial charge in [0.15, 0.2) is 6.23 Å². The van der Waals surface area contributed by atoms with Crippen molar-refractivity contribution in [1.29, 1.82) is 0 Å². The minimum atomic E-state index is -1.89. The first-order valence-corrected chi connectivity index (χ1v) is 8.86.